The summed E-state index contributed by atoms with van der Waals surface area (Å²) in [5.41, 5.74) is 6.05. The fourth-order valence-corrected chi connectivity index (χ4v) is 2.93. The van der Waals surface area contributed by atoms with Crippen LogP contribution in [-0.4, -0.2) is 19.3 Å². The number of methoxy groups -OCH3 is 1. The first-order chi connectivity index (χ1) is 7.11. The van der Waals surface area contributed by atoms with Crippen molar-refractivity contribution in [3.8, 4) is 0 Å². The van der Waals surface area contributed by atoms with Gasteiger partial charge in [0.05, 0.1) is 6.10 Å². The van der Waals surface area contributed by atoms with Gasteiger partial charge in [-0.1, -0.05) is 0 Å². The van der Waals surface area contributed by atoms with E-state index < -0.39 is 0 Å². The van der Waals surface area contributed by atoms with Gasteiger partial charge in [-0.25, -0.2) is 0 Å². The van der Waals surface area contributed by atoms with E-state index in [1.54, 1.807) is 18.4 Å². The van der Waals surface area contributed by atoms with Crippen molar-refractivity contribution in [2.24, 2.45) is 5.73 Å². The fourth-order valence-electron chi connectivity index (χ4n) is 1.39. The maximum Gasteiger partial charge on any atom is 0.0543 e. The molecule has 0 aliphatic heterocycles. The summed E-state index contributed by atoms with van der Waals surface area (Å²) >= 11 is 5.20. The highest BCUT2D eigenvalue weighted by Crippen LogP contribution is 2.21. The minimum absolute atomic E-state index is 0.244. The molecule has 0 aliphatic rings. The van der Waals surface area contributed by atoms with Crippen LogP contribution < -0.4 is 5.73 Å². The molecule has 0 fully saturated rings. The quantitative estimate of drug-likeness (QED) is 0.874. The van der Waals surface area contributed by atoms with Crippen LogP contribution in [0.1, 0.15) is 24.6 Å². The molecule has 2 atom stereocenters. The van der Waals surface area contributed by atoms with Crippen molar-refractivity contribution in [1.82, 2.24) is 0 Å². The van der Waals surface area contributed by atoms with E-state index in [9.17, 15) is 0 Å². The first-order valence-electron chi connectivity index (χ1n) is 5.13. The first kappa shape index (κ1) is 13.2. The molecule has 0 saturated carbocycles. The Labute approximate surface area is 104 Å². The number of ether oxygens (including phenoxy) is 1. The average Bonchev–Trinajstić information content (AvgIpc) is 2.60. The average molecular weight is 292 g/mol. The molecule has 0 aromatic carbocycles. The van der Waals surface area contributed by atoms with Crippen molar-refractivity contribution in [2.45, 2.75) is 38.3 Å². The van der Waals surface area contributed by atoms with Crippen molar-refractivity contribution in [1.29, 1.82) is 0 Å². The van der Waals surface area contributed by atoms with E-state index in [2.05, 4.69) is 34.3 Å². The van der Waals surface area contributed by atoms with Crippen LogP contribution in [0.25, 0.3) is 0 Å². The SMILES string of the molecule is COC(C)CCC(N)Cc1cc(Br)cs1. The minimum atomic E-state index is 0.244. The Morgan fingerprint density at radius 1 is 1.53 bits per heavy atom. The highest BCUT2D eigenvalue weighted by atomic mass is 79.9. The van der Waals surface area contributed by atoms with E-state index in [-0.39, 0.29) is 6.04 Å². The van der Waals surface area contributed by atoms with Crippen molar-refractivity contribution < 1.29 is 4.74 Å². The molecule has 2 nitrogen and oxygen atoms in total. The number of nitrogens with two attached hydrogens (primary N) is 1. The second-order valence-electron chi connectivity index (χ2n) is 3.82. The molecule has 0 radical (unpaired) electrons. The molecule has 15 heavy (non-hydrogen) atoms. The summed E-state index contributed by atoms with van der Waals surface area (Å²) in [6, 6.07) is 2.39. The van der Waals surface area contributed by atoms with Gasteiger partial charge in [-0.3, -0.25) is 0 Å². The number of halogens is 1. The lowest BCUT2D eigenvalue weighted by atomic mass is 10.1. The van der Waals surface area contributed by atoms with Gasteiger partial charge in [-0.2, -0.15) is 0 Å². The lowest BCUT2D eigenvalue weighted by molar-refractivity contribution is 0.107. The fraction of sp³-hybridized carbons (Fsp3) is 0.636. The van der Waals surface area contributed by atoms with Crippen LogP contribution in [0.15, 0.2) is 15.9 Å². The molecule has 1 heterocycles. The summed E-state index contributed by atoms with van der Waals surface area (Å²) in [5, 5.41) is 2.10. The highest BCUT2D eigenvalue weighted by molar-refractivity contribution is 9.10. The largest absolute Gasteiger partial charge is 0.382 e. The van der Waals surface area contributed by atoms with Crippen molar-refractivity contribution in [3.63, 3.8) is 0 Å². The van der Waals surface area contributed by atoms with E-state index in [0.717, 1.165) is 23.7 Å². The molecule has 1 aromatic rings. The molecule has 0 spiro atoms. The molecular formula is C11H18BrNOS. The zero-order valence-electron chi connectivity index (χ0n) is 9.20. The zero-order chi connectivity index (χ0) is 11.3. The Balaban J connectivity index is 2.27. The number of rotatable bonds is 6. The molecule has 2 N–H and O–H groups in total. The Morgan fingerprint density at radius 3 is 2.80 bits per heavy atom. The highest BCUT2D eigenvalue weighted by Gasteiger charge is 2.08. The molecular weight excluding hydrogens is 274 g/mol. The summed E-state index contributed by atoms with van der Waals surface area (Å²) in [7, 11) is 1.74. The van der Waals surface area contributed by atoms with Gasteiger partial charge in [0.15, 0.2) is 0 Å². The summed E-state index contributed by atoms with van der Waals surface area (Å²) in [6.45, 7) is 2.08. The molecule has 0 saturated heterocycles. The molecule has 4 heteroatoms. The van der Waals surface area contributed by atoms with Crippen LogP contribution >= 0.6 is 27.3 Å². The second kappa shape index (κ2) is 6.63. The maximum absolute atomic E-state index is 6.05. The summed E-state index contributed by atoms with van der Waals surface area (Å²) < 4.78 is 6.35. The predicted molar refractivity (Wildman–Crippen MR) is 69.4 cm³/mol. The van der Waals surface area contributed by atoms with Crippen LogP contribution in [0, 0.1) is 0 Å². The number of hydrogen-bond acceptors (Lipinski definition) is 3. The molecule has 0 aliphatic carbocycles. The zero-order valence-corrected chi connectivity index (χ0v) is 11.6. The summed E-state index contributed by atoms with van der Waals surface area (Å²) in [4.78, 5) is 1.35. The van der Waals surface area contributed by atoms with Crippen molar-refractivity contribution in [2.75, 3.05) is 7.11 Å². The Bertz CT molecular complexity index is 290. The summed E-state index contributed by atoms with van der Waals surface area (Å²) in [6.07, 6.45) is 3.33. The van der Waals surface area contributed by atoms with Crippen LogP contribution in [0.2, 0.25) is 0 Å². The topological polar surface area (TPSA) is 35.2 Å². The second-order valence-corrected chi connectivity index (χ2v) is 5.73. The van der Waals surface area contributed by atoms with Crippen LogP contribution in [0.3, 0.4) is 0 Å². The molecule has 0 amide bonds. The van der Waals surface area contributed by atoms with E-state index in [1.165, 1.54) is 4.88 Å². The molecule has 1 aromatic heterocycles. The monoisotopic (exact) mass is 291 g/mol. The van der Waals surface area contributed by atoms with Crippen LogP contribution in [0.5, 0.6) is 0 Å². The van der Waals surface area contributed by atoms with E-state index in [4.69, 9.17) is 10.5 Å². The molecule has 1 rings (SSSR count). The molecule has 86 valence electrons. The van der Waals surface area contributed by atoms with Gasteiger partial charge in [0, 0.05) is 27.9 Å². The summed E-state index contributed by atoms with van der Waals surface area (Å²) in [5.74, 6) is 0. The Morgan fingerprint density at radius 2 is 2.27 bits per heavy atom. The van der Waals surface area contributed by atoms with Gasteiger partial charge < -0.3 is 10.5 Å². The first-order valence-corrected chi connectivity index (χ1v) is 6.80. The van der Waals surface area contributed by atoms with Crippen molar-refractivity contribution in [3.05, 3.63) is 20.8 Å². The third kappa shape index (κ3) is 5.11. The van der Waals surface area contributed by atoms with Gasteiger partial charge in [0.2, 0.25) is 0 Å². The van der Waals surface area contributed by atoms with Crippen LogP contribution in [-0.2, 0) is 11.2 Å². The minimum Gasteiger partial charge on any atom is -0.382 e. The van der Waals surface area contributed by atoms with Gasteiger partial charge >= 0.3 is 0 Å². The van der Waals surface area contributed by atoms with Gasteiger partial charge in [-0.05, 0) is 48.2 Å². The van der Waals surface area contributed by atoms with E-state index in [0.29, 0.717) is 6.10 Å². The third-order valence-corrected chi connectivity index (χ3v) is 4.15. The molecule has 0 bridgehead atoms. The lowest BCUT2D eigenvalue weighted by Crippen LogP contribution is -2.24. The maximum atomic E-state index is 6.05. The smallest absolute Gasteiger partial charge is 0.0543 e. The Hall–Kier alpha value is 0.1000. The van der Waals surface area contributed by atoms with Crippen LogP contribution in [0.4, 0.5) is 0 Å². The lowest BCUT2D eigenvalue weighted by Gasteiger charge is -2.13. The van der Waals surface area contributed by atoms with Gasteiger partial charge in [-0.15, -0.1) is 11.3 Å². The molecule has 2 unspecified atom stereocenters. The number of hydrogen-bond donors (Lipinski definition) is 1. The third-order valence-electron chi connectivity index (χ3n) is 2.43. The van der Waals surface area contributed by atoms with Gasteiger partial charge in [0.25, 0.3) is 0 Å². The Kier molecular flexibility index (Phi) is 5.82. The van der Waals surface area contributed by atoms with Crippen molar-refractivity contribution >= 4 is 27.3 Å². The van der Waals surface area contributed by atoms with E-state index in [1.807, 2.05) is 0 Å². The number of thiophene rings is 1. The van der Waals surface area contributed by atoms with E-state index >= 15 is 0 Å². The normalized spacial score (nSPS) is 15.2. The predicted octanol–water partition coefficient (Wildman–Crippen LogP) is 3.20. The standard InChI is InChI=1S/C11H18BrNOS/c1-8(14-2)3-4-10(13)6-11-5-9(12)7-15-11/h5,7-8,10H,3-4,6,13H2,1-2H3. The van der Waals surface area contributed by atoms with Gasteiger partial charge in [0.1, 0.15) is 0 Å².